The van der Waals surface area contributed by atoms with Crippen LogP contribution in [0.4, 0.5) is 0 Å². The number of ether oxygens (including phenoxy) is 2. The van der Waals surface area contributed by atoms with Crippen molar-refractivity contribution in [2.75, 3.05) is 0 Å². The molecule has 0 aromatic carbocycles. The summed E-state index contributed by atoms with van der Waals surface area (Å²) >= 11 is 0. The zero-order valence-corrected chi connectivity index (χ0v) is 14.2. The molecule has 23 heavy (non-hydrogen) atoms. The zero-order valence-electron chi connectivity index (χ0n) is 14.2. The Morgan fingerprint density at radius 3 is 2.13 bits per heavy atom. The molecular weight excluding hydrogens is 294 g/mol. The molecule has 0 aromatic rings. The third-order valence-electron chi connectivity index (χ3n) is 4.97. The molecule has 132 valence electrons. The Hall–Kier alpha value is -0.680. The van der Waals surface area contributed by atoms with Crippen LogP contribution >= 0.6 is 0 Å². The van der Waals surface area contributed by atoms with E-state index in [0.717, 1.165) is 70.5 Å². The third-order valence-corrected chi connectivity index (χ3v) is 4.97. The minimum Gasteiger partial charge on any atom is -0.342 e. The van der Waals surface area contributed by atoms with Gasteiger partial charge in [0.25, 0.3) is 0 Å². The average Bonchev–Trinajstić information content (AvgIpc) is 2.85. The molecule has 1 aliphatic carbocycles. The highest BCUT2D eigenvalue weighted by molar-refractivity contribution is 4.83. The van der Waals surface area contributed by atoms with Crippen LogP contribution in [0.5, 0.6) is 0 Å². The molecule has 1 saturated carbocycles. The summed E-state index contributed by atoms with van der Waals surface area (Å²) in [6, 6.07) is -0.419. The molecular formula is C18H31NO4. The highest BCUT2D eigenvalue weighted by Gasteiger charge is 2.33. The van der Waals surface area contributed by atoms with Crippen LogP contribution in [0.3, 0.4) is 0 Å². The Morgan fingerprint density at radius 1 is 1.00 bits per heavy atom. The van der Waals surface area contributed by atoms with Crippen LogP contribution in [0.15, 0.2) is 0 Å². The second-order valence-electron chi connectivity index (χ2n) is 6.89. The zero-order chi connectivity index (χ0) is 16.5. The van der Waals surface area contributed by atoms with Gasteiger partial charge in [-0.1, -0.05) is 32.6 Å². The van der Waals surface area contributed by atoms with Gasteiger partial charge in [0.1, 0.15) is 0 Å². The first-order valence-corrected chi connectivity index (χ1v) is 9.31. The van der Waals surface area contributed by atoms with Gasteiger partial charge in [-0.05, 0) is 38.5 Å². The number of fused-ring (bicyclic) bond motifs is 4. The van der Waals surface area contributed by atoms with Crippen LogP contribution in [-0.2, 0) is 9.47 Å². The van der Waals surface area contributed by atoms with E-state index in [0.29, 0.717) is 31.5 Å². The smallest absolute Gasteiger partial charge is 0.224 e. The van der Waals surface area contributed by atoms with Crippen LogP contribution in [0.2, 0.25) is 0 Å². The SMILES string of the molecule is [CH2]CCCCCCC(CCC[C]1OC2CCC(CC2)O1)[N+](=O)[O-]. The van der Waals surface area contributed by atoms with Crippen LogP contribution in [-0.4, -0.2) is 23.2 Å². The summed E-state index contributed by atoms with van der Waals surface area (Å²) in [4.78, 5) is 11.1. The summed E-state index contributed by atoms with van der Waals surface area (Å²) in [6.45, 7) is 3.82. The molecule has 3 rings (SSSR count). The van der Waals surface area contributed by atoms with E-state index in [9.17, 15) is 10.1 Å². The lowest BCUT2D eigenvalue weighted by atomic mass is 9.95. The van der Waals surface area contributed by atoms with E-state index in [2.05, 4.69) is 6.92 Å². The number of hydrogen-bond acceptors (Lipinski definition) is 4. The minimum atomic E-state index is -0.419. The predicted molar refractivity (Wildman–Crippen MR) is 89.1 cm³/mol. The van der Waals surface area contributed by atoms with Gasteiger partial charge in [-0.15, -0.1) is 0 Å². The Labute approximate surface area is 140 Å². The molecule has 0 spiro atoms. The lowest BCUT2D eigenvalue weighted by Gasteiger charge is -2.19. The second kappa shape index (κ2) is 10.2. The van der Waals surface area contributed by atoms with Gasteiger partial charge in [0, 0.05) is 24.2 Å². The predicted octanol–water partition coefficient (Wildman–Crippen LogP) is 4.82. The van der Waals surface area contributed by atoms with Gasteiger partial charge in [0.2, 0.25) is 12.3 Å². The van der Waals surface area contributed by atoms with Crippen LogP contribution in [0.25, 0.3) is 0 Å². The van der Waals surface area contributed by atoms with Gasteiger partial charge in [0.15, 0.2) is 0 Å². The molecule has 2 saturated heterocycles. The van der Waals surface area contributed by atoms with E-state index in [-0.39, 0.29) is 4.92 Å². The van der Waals surface area contributed by atoms with Crippen molar-refractivity contribution in [2.24, 2.45) is 0 Å². The summed E-state index contributed by atoms with van der Waals surface area (Å²) in [5, 5.41) is 11.2. The van der Waals surface area contributed by atoms with Crippen molar-refractivity contribution in [2.45, 2.75) is 102 Å². The Morgan fingerprint density at radius 2 is 1.57 bits per heavy atom. The van der Waals surface area contributed by atoms with Crippen molar-refractivity contribution in [3.8, 4) is 0 Å². The Bertz CT molecular complexity index is 328. The van der Waals surface area contributed by atoms with E-state index in [1.165, 1.54) is 0 Å². The number of nitro groups is 1. The van der Waals surface area contributed by atoms with Gasteiger partial charge in [0.05, 0.1) is 12.2 Å². The topological polar surface area (TPSA) is 61.6 Å². The number of rotatable bonds is 11. The highest BCUT2D eigenvalue weighted by Crippen LogP contribution is 2.35. The number of unbranched alkanes of at least 4 members (excludes halogenated alkanes) is 4. The molecule has 5 heteroatoms. The standard InChI is InChI=1S/C18H31NO4/c1-2-3-4-5-6-8-15(19(20)21)9-7-10-18-22-16-11-12-17(23-18)14-13-16/h15-17H,1-14H2. The van der Waals surface area contributed by atoms with Crippen molar-refractivity contribution < 1.29 is 14.4 Å². The third kappa shape index (κ3) is 6.76. The molecule has 5 nitrogen and oxygen atoms in total. The van der Waals surface area contributed by atoms with Crippen molar-refractivity contribution in [1.82, 2.24) is 0 Å². The molecule has 2 bridgehead atoms. The van der Waals surface area contributed by atoms with Gasteiger partial charge in [-0.25, -0.2) is 0 Å². The molecule has 1 unspecified atom stereocenters. The molecule has 3 fully saturated rings. The maximum atomic E-state index is 11.2. The van der Waals surface area contributed by atoms with Gasteiger partial charge < -0.3 is 9.47 Å². The van der Waals surface area contributed by atoms with Gasteiger partial charge in [-0.3, -0.25) is 10.1 Å². The van der Waals surface area contributed by atoms with Crippen molar-refractivity contribution in [3.05, 3.63) is 23.3 Å². The summed E-state index contributed by atoms with van der Waals surface area (Å²) in [6.07, 6.45) is 13.7. The van der Waals surface area contributed by atoms with Crippen LogP contribution in [0, 0.1) is 23.3 Å². The largest absolute Gasteiger partial charge is 0.342 e. The summed E-state index contributed by atoms with van der Waals surface area (Å²) < 4.78 is 11.8. The Balaban J connectivity index is 1.62. The summed E-state index contributed by atoms with van der Waals surface area (Å²) in [5.74, 6) is 0. The quantitative estimate of drug-likeness (QED) is 0.310. The van der Waals surface area contributed by atoms with Crippen LogP contribution in [0.1, 0.15) is 83.5 Å². The molecule has 0 amide bonds. The minimum absolute atomic E-state index is 0.107. The normalized spacial score (nSPS) is 26.1. The summed E-state index contributed by atoms with van der Waals surface area (Å²) in [5.41, 5.74) is 0. The molecule has 3 aliphatic rings. The maximum Gasteiger partial charge on any atom is 0.224 e. The fourth-order valence-electron chi connectivity index (χ4n) is 3.53. The van der Waals surface area contributed by atoms with E-state index in [4.69, 9.17) is 9.47 Å². The monoisotopic (exact) mass is 325 g/mol. The van der Waals surface area contributed by atoms with Crippen LogP contribution < -0.4 is 0 Å². The van der Waals surface area contributed by atoms with Gasteiger partial charge in [-0.2, -0.15) is 0 Å². The fourth-order valence-corrected chi connectivity index (χ4v) is 3.53. The van der Waals surface area contributed by atoms with Crippen molar-refractivity contribution in [1.29, 1.82) is 0 Å². The number of hydrogen-bond donors (Lipinski definition) is 0. The molecule has 2 radical (unpaired) electrons. The van der Waals surface area contributed by atoms with Gasteiger partial charge >= 0.3 is 0 Å². The lowest BCUT2D eigenvalue weighted by molar-refractivity contribution is -0.524. The maximum absolute atomic E-state index is 11.2. The molecule has 0 N–H and O–H groups in total. The second-order valence-corrected chi connectivity index (χ2v) is 6.89. The van der Waals surface area contributed by atoms with Crippen molar-refractivity contribution in [3.63, 3.8) is 0 Å². The van der Waals surface area contributed by atoms with E-state index in [1.807, 2.05) is 0 Å². The fraction of sp³-hybridized carbons (Fsp3) is 0.889. The first-order valence-electron chi connectivity index (χ1n) is 9.31. The van der Waals surface area contributed by atoms with Crippen molar-refractivity contribution >= 4 is 0 Å². The first-order chi connectivity index (χ1) is 11.2. The Kier molecular flexibility index (Phi) is 8.31. The van der Waals surface area contributed by atoms with E-state index in [1.54, 1.807) is 0 Å². The molecule has 1 atom stereocenters. The average molecular weight is 325 g/mol. The van der Waals surface area contributed by atoms with E-state index >= 15 is 0 Å². The molecule has 0 aromatic heterocycles. The number of nitrogens with zero attached hydrogens (tertiary/aromatic N) is 1. The first kappa shape index (κ1) is 18.7. The highest BCUT2D eigenvalue weighted by atomic mass is 16.7. The molecule has 2 heterocycles. The molecule has 2 aliphatic heterocycles. The van der Waals surface area contributed by atoms with E-state index < -0.39 is 6.04 Å². The summed E-state index contributed by atoms with van der Waals surface area (Å²) in [7, 11) is 0. The lowest BCUT2D eigenvalue weighted by Crippen LogP contribution is -2.20.